The van der Waals surface area contributed by atoms with Crippen molar-refractivity contribution < 1.29 is 0 Å². The second kappa shape index (κ2) is 6.50. The van der Waals surface area contributed by atoms with E-state index in [1.165, 1.54) is 56.6 Å². The van der Waals surface area contributed by atoms with Crippen molar-refractivity contribution in [2.24, 2.45) is 0 Å². The van der Waals surface area contributed by atoms with Crippen LogP contribution in [0.3, 0.4) is 0 Å². The van der Waals surface area contributed by atoms with E-state index >= 15 is 0 Å². The second-order valence-corrected chi connectivity index (χ2v) is 7.20. The molecule has 110 valence electrons. The van der Waals surface area contributed by atoms with E-state index in [-0.39, 0.29) is 0 Å². The van der Waals surface area contributed by atoms with Crippen molar-refractivity contribution in [2.45, 2.75) is 37.3 Å². The molecule has 0 bridgehead atoms. The molecule has 1 atom stereocenters. The lowest BCUT2D eigenvalue weighted by atomic mass is 9.89. The van der Waals surface area contributed by atoms with Crippen LogP contribution in [0.25, 0.3) is 0 Å². The van der Waals surface area contributed by atoms with E-state index in [1.54, 1.807) is 0 Å². The molecule has 20 heavy (non-hydrogen) atoms. The zero-order valence-corrected chi connectivity index (χ0v) is 13.3. The minimum absolute atomic E-state index is 0.459. The lowest BCUT2D eigenvalue weighted by Gasteiger charge is -2.48. The van der Waals surface area contributed by atoms with Gasteiger partial charge in [0, 0.05) is 37.0 Å². The Morgan fingerprint density at radius 3 is 2.70 bits per heavy atom. The maximum Gasteiger partial charge on any atom is 0.0450 e. The van der Waals surface area contributed by atoms with Crippen LogP contribution in [-0.4, -0.2) is 42.1 Å². The first-order chi connectivity index (χ1) is 9.84. The van der Waals surface area contributed by atoms with Crippen LogP contribution in [0, 0.1) is 0 Å². The zero-order valence-electron chi connectivity index (χ0n) is 12.5. The van der Waals surface area contributed by atoms with Gasteiger partial charge in [0.25, 0.3) is 0 Å². The van der Waals surface area contributed by atoms with Gasteiger partial charge < -0.3 is 5.32 Å². The SMILES string of the molecule is CSCCN1CC(c2ccccc2)NCC12CCCC2. The van der Waals surface area contributed by atoms with E-state index in [2.05, 4.69) is 46.8 Å². The van der Waals surface area contributed by atoms with Crippen molar-refractivity contribution in [3.8, 4) is 0 Å². The number of benzene rings is 1. The number of thioether (sulfide) groups is 1. The van der Waals surface area contributed by atoms with Crippen LogP contribution in [0.1, 0.15) is 37.3 Å². The molecule has 3 heteroatoms. The Hall–Kier alpha value is -0.510. The van der Waals surface area contributed by atoms with Crippen LogP contribution >= 0.6 is 11.8 Å². The van der Waals surface area contributed by atoms with E-state index in [4.69, 9.17) is 0 Å². The summed E-state index contributed by atoms with van der Waals surface area (Å²) in [5.41, 5.74) is 1.90. The number of nitrogens with zero attached hydrogens (tertiary/aromatic N) is 1. The summed E-state index contributed by atoms with van der Waals surface area (Å²) in [6.07, 6.45) is 7.81. The van der Waals surface area contributed by atoms with Gasteiger partial charge in [0.2, 0.25) is 0 Å². The summed E-state index contributed by atoms with van der Waals surface area (Å²) in [5, 5.41) is 3.83. The minimum Gasteiger partial charge on any atom is -0.307 e. The summed E-state index contributed by atoms with van der Waals surface area (Å²) in [7, 11) is 0. The van der Waals surface area contributed by atoms with Crippen molar-refractivity contribution in [3.05, 3.63) is 35.9 Å². The van der Waals surface area contributed by atoms with Crippen molar-refractivity contribution in [2.75, 3.05) is 31.6 Å². The van der Waals surface area contributed by atoms with Crippen molar-refractivity contribution in [3.63, 3.8) is 0 Å². The third-order valence-corrected chi connectivity index (χ3v) is 5.64. The minimum atomic E-state index is 0.459. The fourth-order valence-corrected chi connectivity index (χ4v) is 4.27. The summed E-state index contributed by atoms with van der Waals surface area (Å²) in [6, 6.07) is 11.4. The molecule has 1 unspecified atom stereocenters. The van der Waals surface area contributed by atoms with E-state index in [9.17, 15) is 0 Å². The molecule has 3 rings (SSSR count). The third kappa shape index (κ3) is 2.90. The number of hydrogen-bond acceptors (Lipinski definition) is 3. The Labute approximate surface area is 127 Å². The monoisotopic (exact) mass is 290 g/mol. The maximum atomic E-state index is 3.83. The third-order valence-electron chi connectivity index (χ3n) is 5.05. The molecule has 1 aliphatic heterocycles. The lowest BCUT2D eigenvalue weighted by molar-refractivity contribution is 0.0489. The highest BCUT2D eigenvalue weighted by molar-refractivity contribution is 7.98. The molecule has 1 aromatic rings. The normalized spacial score (nSPS) is 26.1. The van der Waals surface area contributed by atoms with Crippen molar-refractivity contribution in [1.29, 1.82) is 0 Å². The Morgan fingerprint density at radius 1 is 1.25 bits per heavy atom. The summed E-state index contributed by atoms with van der Waals surface area (Å²) in [4.78, 5) is 2.80. The maximum absolute atomic E-state index is 3.83. The fraction of sp³-hybridized carbons (Fsp3) is 0.647. The fourth-order valence-electron chi connectivity index (χ4n) is 3.87. The molecule has 1 spiro atoms. The van der Waals surface area contributed by atoms with Gasteiger partial charge in [0.1, 0.15) is 0 Å². The largest absolute Gasteiger partial charge is 0.307 e. The first kappa shape index (κ1) is 14.4. The van der Waals surface area contributed by atoms with Gasteiger partial charge in [0.05, 0.1) is 0 Å². The molecular formula is C17H26N2S. The van der Waals surface area contributed by atoms with E-state index in [0.29, 0.717) is 11.6 Å². The first-order valence-electron chi connectivity index (χ1n) is 7.86. The van der Waals surface area contributed by atoms with Crippen LogP contribution in [0.4, 0.5) is 0 Å². The molecule has 0 aromatic heterocycles. The van der Waals surface area contributed by atoms with Crippen LogP contribution in [0.15, 0.2) is 30.3 Å². The van der Waals surface area contributed by atoms with Gasteiger partial charge in [-0.1, -0.05) is 43.2 Å². The molecule has 2 nitrogen and oxygen atoms in total. The summed E-state index contributed by atoms with van der Waals surface area (Å²) >= 11 is 1.97. The van der Waals surface area contributed by atoms with Crippen LogP contribution in [0.5, 0.6) is 0 Å². The zero-order chi connectivity index (χ0) is 13.8. The summed E-state index contributed by atoms with van der Waals surface area (Å²) in [6.45, 7) is 3.58. The highest BCUT2D eigenvalue weighted by Gasteiger charge is 2.43. The van der Waals surface area contributed by atoms with Crippen molar-refractivity contribution in [1.82, 2.24) is 10.2 Å². The molecule has 0 radical (unpaired) electrons. The Kier molecular flexibility index (Phi) is 4.69. The van der Waals surface area contributed by atoms with E-state index in [0.717, 1.165) is 0 Å². The molecule has 1 aromatic carbocycles. The van der Waals surface area contributed by atoms with Crippen LogP contribution in [-0.2, 0) is 0 Å². The van der Waals surface area contributed by atoms with Gasteiger partial charge in [-0.05, 0) is 24.7 Å². The number of hydrogen-bond donors (Lipinski definition) is 1. The average Bonchev–Trinajstić information content (AvgIpc) is 2.97. The van der Waals surface area contributed by atoms with E-state index in [1.807, 2.05) is 11.8 Å². The van der Waals surface area contributed by atoms with Gasteiger partial charge in [-0.15, -0.1) is 0 Å². The van der Waals surface area contributed by atoms with Crippen LogP contribution < -0.4 is 5.32 Å². The predicted octanol–water partition coefficient (Wildman–Crippen LogP) is 3.31. The Balaban J connectivity index is 1.73. The molecule has 2 fully saturated rings. The lowest BCUT2D eigenvalue weighted by Crippen LogP contribution is -2.61. The predicted molar refractivity (Wildman–Crippen MR) is 88.3 cm³/mol. The highest BCUT2D eigenvalue weighted by Crippen LogP contribution is 2.38. The summed E-state index contributed by atoms with van der Waals surface area (Å²) in [5.74, 6) is 1.25. The molecule has 1 saturated heterocycles. The van der Waals surface area contributed by atoms with Crippen LogP contribution in [0.2, 0.25) is 0 Å². The van der Waals surface area contributed by atoms with Gasteiger partial charge in [-0.25, -0.2) is 0 Å². The number of piperazine rings is 1. The first-order valence-corrected chi connectivity index (χ1v) is 9.26. The highest BCUT2D eigenvalue weighted by atomic mass is 32.2. The second-order valence-electron chi connectivity index (χ2n) is 6.21. The molecule has 2 aliphatic rings. The van der Waals surface area contributed by atoms with Gasteiger partial charge in [0.15, 0.2) is 0 Å². The topological polar surface area (TPSA) is 15.3 Å². The average molecular weight is 290 g/mol. The standard InChI is InChI=1S/C17H26N2S/c1-20-12-11-19-13-16(15-7-3-2-4-8-15)18-14-17(19)9-5-6-10-17/h2-4,7-8,16,18H,5-6,9-14H2,1H3. The Bertz CT molecular complexity index is 414. The number of rotatable bonds is 4. The molecule has 1 N–H and O–H groups in total. The van der Waals surface area contributed by atoms with Gasteiger partial charge in [-0.3, -0.25) is 4.90 Å². The molecular weight excluding hydrogens is 264 g/mol. The van der Waals surface area contributed by atoms with Gasteiger partial charge in [-0.2, -0.15) is 11.8 Å². The van der Waals surface area contributed by atoms with E-state index < -0.39 is 0 Å². The molecule has 1 heterocycles. The quantitative estimate of drug-likeness (QED) is 0.916. The molecule has 1 aliphatic carbocycles. The summed E-state index contributed by atoms with van der Waals surface area (Å²) < 4.78 is 0. The van der Waals surface area contributed by atoms with Gasteiger partial charge >= 0.3 is 0 Å². The van der Waals surface area contributed by atoms with Crippen molar-refractivity contribution >= 4 is 11.8 Å². The Morgan fingerprint density at radius 2 is 2.00 bits per heavy atom. The molecule has 1 saturated carbocycles. The smallest absolute Gasteiger partial charge is 0.0450 e. The molecule has 0 amide bonds. The number of nitrogens with one attached hydrogen (secondary N) is 1.